The van der Waals surface area contributed by atoms with E-state index < -0.39 is 10.0 Å². The Morgan fingerprint density at radius 1 is 1.14 bits per heavy atom. The van der Waals surface area contributed by atoms with Crippen LogP contribution in [0.2, 0.25) is 0 Å². The number of nitrogens with zero attached hydrogens (tertiary/aromatic N) is 5. The quantitative estimate of drug-likeness (QED) is 0.707. The summed E-state index contributed by atoms with van der Waals surface area (Å²) in [5, 5.41) is 10.6. The number of carbonyl (C=O) groups is 1. The van der Waals surface area contributed by atoms with Gasteiger partial charge < -0.3 is 5.32 Å². The lowest BCUT2D eigenvalue weighted by molar-refractivity contribution is 0.257. The second kappa shape index (κ2) is 7.30. The fourth-order valence-corrected chi connectivity index (χ4v) is 4.10. The van der Waals surface area contributed by atoms with E-state index in [1.54, 1.807) is 52.3 Å². The molecule has 10 heteroatoms. The molecular weight excluding hydrogens is 392 g/mol. The Labute approximate surface area is 168 Å². The molecule has 1 aliphatic rings. The van der Waals surface area contributed by atoms with Gasteiger partial charge in [0.25, 0.3) is 0 Å². The van der Waals surface area contributed by atoms with Crippen LogP contribution in [0.4, 0.5) is 16.2 Å². The highest BCUT2D eigenvalue weighted by Crippen LogP contribution is 2.31. The average molecular weight is 412 g/mol. The zero-order chi connectivity index (χ0) is 20.6. The minimum Gasteiger partial charge on any atom is -0.308 e. The van der Waals surface area contributed by atoms with Gasteiger partial charge in [-0.15, -0.1) is 5.10 Å². The Bertz CT molecular complexity index is 1140. The second-order valence-corrected chi connectivity index (χ2v) is 8.96. The van der Waals surface area contributed by atoms with Crippen molar-refractivity contribution in [1.82, 2.24) is 19.3 Å². The fourth-order valence-electron chi connectivity index (χ4n) is 3.18. The van der Waals surface area contributed by atoms with E-state index in [0.29, 0.717) is 24.3 Å². The smallest absolute Gasteiger partial charge is 0.308 e. The summed E-state index contributed by atoms with van der Waals surface area (Å²) in [7, 11) is -0.607. The monoisotopic (exact) mass is 412 g/mol. The molecule has 2 aromatic carbocycles. The number of hydrogen-bond acceptors (Lipinski definition) is 5. The highest BCUT2D eigenvalue weighted by molar-refractivity contribution is 7.89. The number of aromatic nitrogens is 3. The van der Waals surface area contributed by atoms with Crippen LogP contribution in [0.3, 0.4) is 0 Å². The number of hydrogen-bond donors (Lipinski definition) is 1. The summed E-state index contributed by atoms with van der Waals surface area (Å²) >= 11 is 0. The van der Waals surface area contributed by atoms with E-state index in [1.165, 1.54) is 14.1 Å². The SMILES string of the molecule is CN(C)S(=O)(=O)c1ccc2c(c1)N(C(=O)Nc1ccc(-n3ccnn3)cc1)CC2. The van der Waals surface area contributed by atoms with Crippen LogP contribution in [0.1, 0.15) is 5.56 Å². The van der Waals surface area contributed by atoms with Crippen LogP contribution in [0.5, 0.6) is 0 Å². The van der Waals surface area contributed by atoms with E-state index in [1.807, 2.05) is 12.1 Å². The predicted molar refractivity (Wildman–Crippen MR) is 109 cm³/mol. The maximum atomic E-state index is 12.8. The highest BCUT2D eigenvalue weighted by Gasteiger charge is 2.27. The minimum atomic E-state index is -3.57. The number of fused-ring (bicyclic) bond motifs is 1. The maximum Gasteiger partial charge on any atom is 0.326 e. The molecule has 29 heavy (non-hydrogen) atoms. The van der Waals surface area contributed by atoms with Gasteiger partial charge in [-0.25, -0.2) is 22.2 Å². The van der Waals surface area contributed by atoms with E-state index in [9.17, 15) is 13.2 Å². The molecular formula is C19H20N6O3S. The van der Waals surface area contributed by atoms with Crippen LogP contribution >= 0.6 is 0 Å². The molecule has 0 bridgehead atoms. The zero-order valence-corrected chi connectivity index (χ0v) is 16.8. The molecule has 1 aromatic heterocycles. The van der Waals surface area contributed by atoms with Crippen LogP contribution in [0, 0.1) is 0 Å². The molecule has 0 radical (unpaired) electrons. The lowest BCUT2D eigenvalue weighted by Crippen LogP contribution is -2.33. The molecule has 0 fully saturated rings. The molecule has 0 atom stereocenters. The molecule has 1 N–H and O–H groups in total. The van der Waals surface area contributed by atoms with Crippen molar-refractivity contribution in [2.24, 2.45) is 0 Å². The number of urea groups is 1. The van der Waals surface area contributed by atoms with Gasteiger partial charge in [0.2, 0.25) is 10.0 Å². The van der Waals surface area contributed by atoms with Gasteiger partial charge in [-0.2, -0.15) is 0 Å². The van der Waals surface area contributed by atoms with Gasteiger partial charge in [-0.05, 0) is 48.4 Å². The van der Waals surface area contributed by atoms with Gasteiger partial charge >= 0.3 is 6.03 Å². The normalized spacial score (nSPS) is 13.6. The van der Waals surface area contributed by atoms with Crippen molar-refractivity contribution in [3.05, 3.63) is 60.4 Å². The standard InChI is InChI=1S/C19H20N6O3S/c1-23(2)29(27,28)17-8-3-14-9-11-24(18(14)13-17)19(26)21-15-4-6-16(7-5-15)25-12-10-20-22-25/h3-8,10,12-13H,9,11H2,1-2H3,(H,21,26). The molecule has 0 spiro atoms. The third-order valence-corrected chi connectivity index (χ3v) is 6.59. The summed E-state index contributed by atoms with van der Waals surface area (Å²) in [5.41, 5.74) is 3.01. The van der Waals surface area contributed by atoms with Crippen molar-refractivity contribution >= 4 is 27.4 Å². The summed E-state index contributed by atoms with van der Waals surface area (Å²) in [6, 6.07) is 11.8. The first-order valence-electron chi connectivity index (χ1n) is 8.97. The fraction of sp³-hybridized carbons (Fsp3) is 0.211. The number of rotatable bonds is 4. The number of carbonyl (C=O) groups excluding carboxylic acids is 1. The van der Waals surface area contributed by atoms with Crippen molar-refractivity contribution in [2.75, 3.05) is 30.9 Å². The molecule has 9 nitrogen and oxygen atoms in total. The third-order valence-electron chi connectivity index (χ3n) is 4.78. The van der Waals surface area contributed by atoms with E-state index in [0.717, 1.165) is 15.6 Å². The second-order valence-electron chi connectivity index (χ2n) is 6.80. The van der Waals surface area contributed by atoms with Crippen molar-refractivity contribution < 1.29 is 13.2 Å². The number of sulfonamides is 1. The van der Waals surface area contributed by atoms with Gasteiger partial charge in [0.15, 0.2) is 0 Å². The van der Waals surface area contributed by atoms with E-state index in [2.05, 4.69) is 15.6 Å². The average Bonchev–Trinajstić information content (AvgIpc) is 3.38. The molecule has 2 heterocycles. The third kappa shape index (κ3) is 3.59. The first-order chi connectivity index (χ1) is 13.9. The van der Waals surface area contributed by atoms with E-state index in [-0.39, 0.29) is 10.9 Å². The van der Waals surface area contributed by atoms with Crippen molar-refractivity contribution in [3.8, 4) is 5.69 Å². The van der Waals surface area contributed by atoms with Crippen LogP contribution < -0.4 is 10.2 Å². The Morgan fingerprint density at radius 2 is 1.90 bits per heavy atom. The highest BCUT2D eigenvalue weighted by atomic mass is 32.2. The lowest BCUT2D eigenvalue weighted by Gasteiger charge is -2.19. The molecule has 2 amide bonds. The Kier molecular flexibility index (Phi) is 4.81. The maximum absolute atomic E-state index is 12.8. The molecule has 1 aliphatic heterocycles. The largest absolute Gasteiger partial charge is 0.326 e. The Balaban J connectivity index is 1.54. The minimum absolute atomic E-state index is 0.165. The summed E-state index contributed by atoms with van der Waals surface area (Å²) < 4.78 is 27.6. The van der Waals surface area contributed by atoms with Gasteiger partial charge in [0.05, 0.1) is 28.7 Å². The van der Waals surface area contributed by atoms with Gasteiger partial charge in [-0.3, -0.25) is 4.90 Å². The summed E-state index contributed by atoms with van der Waals surface area (Å²) in [4.78, 5) is 14.5. The van der Waals surface area contributed by atoms with Crippen LogP contribution in [0.15, 0.2) is 59.8 Å². The number of amides is 2. The molecule has 3 aromatic rings. The number of benzene rings is 2. The van der Waals surface area contributed by atoms with E-state index in [4.69, 9.17) is 0 Å². The molecule has 4 rings (SSSR count). The van der Waals surface area contributed by atoms with Crippen LogP contribution in [-0.2, 0) is 16.4 Å². The molecule has 0 saturated carbocycles. The first kappa shape index (κ1) is 19.1. The van der Waals surface area contributed by atoms with Gasteiger partial charge in [0.1, 0.15) is 0 Å². The molecule has 0 unspecified atom stereocenters. The van der Waals surface area contributed by atoms with Gasteiger partial charge in [-0.1, -0.05) is 11.3 Å². The summed E-state index contributed by atoms with van der Waals surface area (Å²) in [5.74, 6) is 0. The van der Waals surface area contributed by atoms with Crippen molar-refractivity contribution in [1.29, 1.82) is 0 Å². The zero-order valence-electron chi connectivity index (χ0n) is 16.0. The predicted octanol–water partition coefficient (Wildman–Crippen LogP) is 2.11. The van der Waals surface area contributed by atoms with Crippen LogP contribution in [-0.4, -0.2) is 54.4 Å². The summed E-state index contributed by atoms with van der Waals surface area (Å²) in [6.45, 7) is 0.490. The molecule has 0 aliphatic carbocycles. The molecule has 150 valence electrons. The Hall–Kier alpha value is -3.24. The number of nitrogens with one attached hydrogen (secondary N) is 1. The van der Waals surface area contributed by atoms with Crippen LogP contribution in [0.25, 0.3) is 5.69 Å². The molecule has 0 saturated heterocycles. The lowest BCUT2D eigenvalue weighted by atomic mass is 10.2. The van der Waals surface area contributed by atoms with Crippen molar-refractivity contribution in [3.63, 3.8) is 0 Å². The summed E-state index contributed by atoms with van der Waals surface area (Å²) in [6.07, 6.45) is 4.00. The van der Waals surface area contributed by atoms with E-state index >= 15 is 0 Å². The topological polar surface area (TPSA) is 100 Å². The number of anilines is 2. The van der Waals surface area contributed by atoms with Crippen molar-refractivity contribution in [2.45, 2.75) is 11.3 Å². The van der Waals surface area contributed by atoms with Gasteiger partial charge in [0, 0.05) is 26.3 Å². The first-order valence-corrected chi connectivity index (χ1v) is 10.4. The Morgan fingerprint density at radius 3 is 2.55 bits per heavy atom.